The van der Waals surface area contributed by atoms with Crippen LogP contribution in [0.15, 0.2) is 40.8 Å². The minimum atomic E-state index is -0.00934. The van der Waals surface area contributed by atoms with Crippen molar-refractivity contribution in [2.45, 2.75) is 19.3 Å². The van der Waals surface area contributed by atoms with Crippen molar-refractivity contribution >= 4 is 17.5 Å². The zero-order valence-electron chi connectivity index (χ0n) is 11.1. The summed E-state index contributed by atoms with van der Waals surface area (Å²) in [6.07, 6.45) is 3.37. The molecule has 0 N–H and O–H groups in total. The third-order valence-electron chi connectivity index (χ3n) is 3.59. The second-order valence-electron chi connectivity index (χ2n) is 5.02. The molecule has 4 heteroatoms. The minimum absolute atomic E-state index is 0.00934. The van der Waals surface area contributed by atoms with E-state index in [2.05, 4.69) is 0 Å². The maximum absolute atomic E-state index is 12.3. The second-order valence-corrected chi connectivity index (χ2v) is 5.46. The third kappa shape index (κ3) is 2.73. The molecule has 104 valence electrons. The van der Waals surface area contributed by atoms with Crippen LogP contribution in [0.1, 0.15) is 29.8 Å². The predicted octanol–water partition coefficient (Wildman–Crippen LogP) is 4.23. The van der Waals surface area contributed by atoms with Gasteiger partial charge in [-0.2, -0.15) is 0 Å². The summed E-state index contributed by atoms with van der Waals surface area (Å²) in [6.45, 7) is 1.66. The number of amides is 1. The number of carbonyl (C=O) groups is 1. The smallest absolute Gasteiger partial charge is 0.289 e. The van der Waals surface area contributed by atoms with Crippen molar-refractivity contribution in [1.29, 1.82) is 0 Å². The molecule has 0 atom stereocenters. The van der Waals surface area contributed by atoms with Gasteiger partial charge in [0.15, 0.2) is 5.76 Å². The Labute approximate surface area is 123 Å². The summed E-state index contributed by atoms with van der Waals surface area (Å²) >= 11 is 5.86. The molecular weight excluding hydrogens is 274 g/mol. The predicted molar refractivity (Wildman–Crippen MR) is 78.9 cm³/mol. The Kier molecular flexibility index (Phi) is 3.79. The number of piperidine rings is 1. The number of carbonyl (C=O) groups excluding carboxylic acids is 1. The molecule has 2 aromatic rings. The fourth-order valence-electron chi connectivity index (χ4n) is 2.47. The van der Waals surface area contributed by atoms with Gasteiger partial charge in [-0.1, -0.05) is 11.6 Å². The van der Waals surface area contributed by atoms with Gasteiger partial charge in [-0.05, 0) is 55.7 Å². The molecule has 3 rings (SSSR count). The lowest BCUT2D eigenvalue weighted by molar-refractivity contribution is 0.0693. The number of hydrogen-bond acceptors (Lipinski definition) is 2. The molecule has 0 radical (unpaired) electrons. The molecule has 1 aromatic heterocycles. The molecular formula is C16H16ClNO2. The Bertz CT molecular complexity index is 597. The Hall–Kier alpha value is -1.74. The minimum Gasteiger partial charge on any atom is -0.451 e. The molecule has 1 fully saturated rings. The lowest BCUT2D eigenvalue weighted by atomic mass is 10.1. The van der Waals surface area contributed by atoms with Gasteiger partial charge in [-0.15, -0.1) is 0 Å². The Morgan fingerprint density at radius 1 is 1.00 bits per heavy atom. The Morgan fingerprint density at radius 2 is 1.70 bits per heavy atom. The number of benzene rings is 1. The zero-order chi connectivity index (χ0) is 13.9. The lowest BCUT2D eigenvalue weighted by Gasteiger charge is -2.25. The quantitative estimate of drug-likeness (QED) is 0.829. The van der Waals surface area contributed by atoms with Crippen molar-refractivity contribution in [2.75, 3.05) is 13.1 Å². The van der Waals surface area contributed by atoms with Crippen LogP contribution in [0.3, 0.4) is 0 Å². The van der Waals surface area contributed by atoms with E-state index in [9.17, 15) is 4.79 Å². The van der Waals surface area contributed by atoms with Gasteiger partial charge in [0.2, 0.25) is 0 Å². The Morgan fingerprint density at radius 3 is 2.40 bits per heavy atom. The summed E-state index contributed by atoms with van der Waals surface area (Å²) < 4.78 is 5.69. The van der Waals surface area contributed by atoms with Crippen LogP contribution >= 0.6 is 11.6 Å². The topological polar surface area (TPSA) is 33.5 Å². The van der Waals surface area contributed by atoms with Crippen molar-refractivity contribution in [3.05, 3.63) is 47.2 Å². The van der Waals surface area contributed by atoms with Crippen LogP contribution in [-0.4, -0.2) is 23.9 Å². The van der Waals surface area contributed by atoms with Crippen LogP contribution in [0, 0.1) is 0 Å². The van der Waals surface area contributed by atoms with Crippen LogP contribution in [0.4, 0.5) is 0 Å². The first-order valence-electron chi connectivity index (χ1n) is 6.89. The average Bonchev–Trinajstić information content (AvgIpc) is 2.98. The van der Waals surface area contributed by atoms with E-state index < -0.39 is 0 Å². The van der Waals surface area contributed by atoms with Gasteiger partial charge < -0.3 is 9.32 Å². The highest BCUT2D eigenvalue weighted by Gasteiger charge is 2.21. The van der Waals surface area contributed by atoms with Gasteiger partial charge in [-0.3, -0.25) is 4.79 Å². The number of likely N-dealkylation sites (tertiary alicyclic amines) is 1. The molecule has 1 saturated heterocycles. The molecule has 1 aromatic carbocycles. The second kappa shape index (κ2) is 5.71. The number of rotatable bonds is 2. The number of halogens is 1. The Balaban J connectivity index is 1.79. The monoisotopic (exact) mass is 289 g/mol. The summed E-state index contributed by atoms with van der Waals surface area (Å²) in [7, 11) is 0. The van der Waals surface area contributed by atoms with Gasteiger partial charge in [-0.25, -0.2) is 0 Å². The van der Waals surface area contributed by atoms with Gasteiger partial charge >= 0.3 is 0 Å². The maximum atomic E-state index is 12.3. The van der Waals surface area contributed by atoms with E-state index in [1.807, 2.05) is 35.2 Å². The van der Waals surface area contributed by atoms with Gasteiger partial charge in [0.25, 0.3) is 5.91 Å². The van der Waals surface area contributed by atoms with Crippen molar-refractivity contribution in [1.82, 2.24) is 4.90 Å². The molecule has 0 saturated carbocycles. The molecule has 1 amide bonds. The standard InChI is InChI=1S/C16H16ClNO2/c17-13-6-4-12(5-7-13)14-8-9-15(20-14)16(19)18-10-2-1-3-11-18/h4-9H,1-3,10-11H2. The zero-order valence-corrected chi connectivity index (χ0v) is 11.9. The van der Waals surface area contributed by atoms with E-state index in [0.717, 1.165) is 31.5 Å². The molecule has 0 spiro atoms. The third-order valence-corrected chi connectivity index (χ3v) is 3.84. The van der Waals surface area contributed by atoms with Gasteiger partial charge in [0.05, 0.1) is 0 Å². The maximum Gasteiger partial charge on any atom is 0.289 e. The van der Waals surface area contributed by atoms with E-state index in [1.165, 1.54) is 6.42 Å². The normalized spacial score (nSPS) is 15.3. The van der Waals surface area contributed by atoms with Crippen molar-refractivity contribution in [3.8, 4) is 11.3 Å². The van der Waals surface area contributed by atoms with Gasteiger partial charge in [0.1, 0.15) is 5.76 Å². The van der Waals surface area contributed by atoms with E-state index in [0.29, 0.717) is 16.5 Å². The molecule has 20 heavy (non-hydrogen) atoms. The highest BCUT2D eigenvalue weighted by Crippen LogP contribution is 2.25. The molecule has 1 aliphatic rings. The van der Waals surface area contributed by atoms with Crippen LogP contribution in [0.25, 0.3) is 11.3 Å². The molecule has 2 heterocycles. The van der Waals surface area contributed by atoms with Crippen LogP contribution in [0.2, 0.25) is 5.02 Å². The number of nitrogens with zero attached hydrogens (tertiary/aromatic N) is 1. The summed E-state index contributed by atoms with van der Waals surface area (Å²) in [4.78, 5) is 14.2. The van der Waals surface area contributed by atoms with E-state index in [1.54, 1.807) is 6.07 Å². The van der Waals surface area contributed by atoms with Crippen molar-refractivity contribution < 1.29 is 9.21 Å². The molecule has 0 unspecified atom stereocenters. The van der Waals surface area contributed by atoms with E-state index >= 15 is 0 Å². The first kappa shape index (κ1) is 13.3. The molecule has 3 nitrogen and oxygen atoms in total. The van der Waals surface area contributed by atoms with Crippen molar-refractivity contribution in [3.63, 3.8) is 0 Å². The van der Waals surface area contributed by atoms with E-state index in [-0.39, 0.29) is 5.91 Å². The van der Waals surface area contributed by atoms with Crippen molar-refractivity contribution in [2.24, 2.45) is 0 Å². The van der Waals surface area contributed by atoms with Crippen LogP contribution in [-0.2, 0) is 0 Å². The van der Waals surface area contributed by atoms with Crippen LogP contribution < -0.4 is 0 Å². The number of hydrogen-bond donors (Lipinski definition) is 0. The first-order chi connectivity index (χ1) is 9.74. The molecule has 1 aliphatic heterocycles. The highest BCUT2D eigenvalue weighted by molar-refractivity contribution is 6.30. The highest BCUT2D eigenvalue weighted by atomic mass is 35.5. The van der Waals surface area contributed by atoms with Gasteiger partial charge in [0, 0.05) is 23.7 Å². The molecule has 0 aliphatic carbocycles. The molecule has 0 bridgehead atoms. The summed E-state index contributed by atoms with van der Waals surface area (Å²) in [5.41, 5.74) is 0.923. The number of furan rings is 1. The fraction of sp³-hybridized carbons (Fsp3) is 0.312. The fourth-order valence-corrected chi connectivity index (χ4v) is 2.60. The average molecular weight is 290 g/mol. The van der Waals surface area contributed by atoms with E-state index in [4.69, 9.17) is 16.0 Å². The first-order valence-corrected chi connectivity index (χ1v) is 7.27. The summed E-state index contributed by atoms with van der Waals surface area (Å²) in [5, 5.41) is 0.685. The largest absolute Gasteiger partial charge is 0.451 e. The lowest BCUT2D eigenvalue weighted by Crippen LogP contribution is -2.35. The SMILES string of the molecule is O=C(c1ccc(-c2ccc(Cl)cc2)o1)N1CCCCC1. The van der Waals surface area contributed by atoms with Crippen LogP contribution in [0.5, 0.6) is 0 Å². The summed E-state index contributed by atoms with van der Waals surface area (Å²) in [5.74, 6) is 1.10. The summed E-state index contributed by atoms with van der Waals surface area (Å²) in [6, 6.07) is 11.0.